The van der Waals surface area contributed by atoms with Crippen LogP contribution in [0.4, 0.5) is 5.82 Å². The van der Waals surface area contributed by atoms with Crippen molar-refractivity contribution in [2.24, 2.45) is 0 Å². The van der Waals surface area contributed by atoms with Crippen LogP contribution in [0.3, 0.4) is 0 Å². The van der Waals surface area contributed by atoms with Crippen molar-refractivity contribution >= 4 is 34.1 Å². The number of halogens is 1. The second-order valence-electron chi connectivity index (χ2n) is 8.12. The number of nitrogens with one attached hydrogen (secondary N) is 2. The third kappa shape index (κ3) is 4.19. The molecule has 8 heteroatoms. The van der Waals surface area contributed by atoms with Gasteiger partial charge in [0.15, 0.2) is 11.5 Å². The quantitative estimate of drug-likeness (QED) is 0.443. The molecule has 0 saturated heterocycles. The second kappa shape index (κ2) is 8.67. The molecule has 0 radical (unpaired) electrons. The van der Waals surface area contributed by atoms with Gasteiger partial charge in [-0.15, -0.1) is 0 Å². The van der Waals surface area contributed by atoms with E-state index < -0.39 is 6.04 Å². The van der Waals surface area contributed by atoms with Crippen LogP contribution >= 0.6 is 11.6 Å². The minimum atomic E-state index is -0.496. The van der Waals surface area contributed by atoms with Crippen molar-refractivity contribution in [3.8, 4) is 5.69 Å². The maximum absolute atomic E-state index is 13.5. The number of rotatable bonds is 6. The molecule has 1 aliphatic rings. The molecule has 0 bridgehead atoms. The summed E-state index contributed by atoms with van der Waals surface area (Å²) in [6.45, 7) is 1.84. The predicted molar refractivity (Wildman–Crippen MR) is 129 cm³/mol. The van der Waals surface area contributed by atoms with Crippen LogP contribution in [0.1, 0.15) is 42.0 Å². The number of aromatic nitrogens is 3. The summed E-state index contributed by atoms with van der Waals surface area (Å²) in [4.78, 5) is 35.2. The molecule has 33 heavy (non-hydrogen) atoms. The summed E-state index contributed by atoms with van der Waals surface area (Å²) in [5, 5.41) is 7.78. The molecule has 1 atom stereocenters. The largest absolute Gasteiger partial charge is 0.365 e. The van der Waals surface area contributed by atoms with E-state index in [1.807, 2.05) is 49.4 Å². The summed E-state index contributed by atoms with van der Waals surface area (Å²) < 4.78 is 1.60. The Morgan fingerprint density at radius 2 is 1.85 bits per heavy atom. The Hall–Kier alpha value is -3.71. The van der Waals surface area contributed by atoms with Crippen LogP contribution in [0.15, 0.2) is 71.8 Å². The van der Waals surface area contributed by atoms with Crippen molar-refractivity contribution in [2.75, 3.05) is 5.32 Å². The van der Waals surface area contributed by atoms with E-state index in [1.165, 1.54) is 6.20 Å². The molecule has 2 heterocycles. The molecule has 7 nitrogen and oxygen atoms in total. The number of hydrogen-bond donors (Lipinski definition) is 2. The first-order chi connectivity index (χ1) is 16.0. The molecule has 0 aliphatic heterocycles. The summed E-state index contributed by atoms with van der Waals surface area (Å²) >= 11 is 6.38. The van der Waals surface area contributed by atoms with Gasteiger partial charge in [-0.2, -0.15) is 0 Å². The van der Waals surface area contributed by atoms with Crippen LogP contribution in [0.2, 0.25) is 5.02 Å². The average molecular weight is 460 g/mol. The molecule has 0 spiro atoms. The highest BCUT2D eigenvalue weighted by Gasteiger charge is 2.26. The molecule has 1 fully saturated rings. The fourth-order valence-electron chi connectivity index (χ4n) is 3.87. The lowest BCUT2D eigenvalue weighted by Gasteiger charge is -2.21. The molecule has 1 aliphatic carbocycles. The number of para-hydroxylation sites is 1. The molecule has 5 rings (SSSR count). The number of benzene rings is 2. The third-order valence-corrected chi connectivity index (χ3v) is 5.98. The van der Waals surface area contributed by atoms with Gasteiger partial charge in [0.1, 0.15) is 0 Å². The van der Waals surface area contributed by atoms with Crippen molar-refractivity contribution in [1.29, 1.82) is 0 Å². The first kappa shape index (κ1) is 21.2. The van der Waals surface area contributed by atoms with E-state index in [9.17, 15) is 9.59 Å². The molecule has 2 aromatic carbocycles. The highest BCUT2D eigenvalue weighted by atomic mass is 35.5. The van der Waals surface area contributed by atoms with Crippen molar-refractivity contribution in [1.82, 2.24) is 19.9 Å². The third-order valence-electron chi connectivity index (χ3n) is 5.66. The summed E-state index contributed by atoms with van der Waals surface area (Å²) in [6, 6.07) is 16.4. The second-order valence-corrected chi connectivity index (χ2v) is 8.52. The molecule has 4 aromatic rings. The zero-order chi connectivity index (χ0) is 22.9. The summed E-state index contributed by atoms with van der Waals surface area (Å²) in [5.41, 5.74) is 1.32. The van der Waals surface area contributed by atoms with Crippen LogP contribution < -0.4 is 16.2 Å². The number of fused-ring (bicyclic) bond motifs is 1. The van der Waals surface area contributed by atoms with Gasteiger partial charge in [-0.1, -0.05) is 41.9 Å². The summed E-state index contributed by atoms with van der Waals surface area (Å²) in [7, 11) is 0. The van der Waals surface area contributed by atoms with Gasteiger partial charge in [0, 0.05) is 29.8 Å². The van der Waals surface area contributed by atoms with Gasteiger partial charge in [0.25, 0.3) is 11.5 Å². The molecular weight excluding hydrogens is 438 g/mol. The van der Waals surface area contributed by atoms with Crippen LogP contribution in [0.25, 0.3) is 16.5 Å². The summed E-state index contributed by atoms with van der Waals surface area (Å²) in [5.74, 6) is 0.104. The van der Waals surface area contributed by atoms with Crippen LogP contribution in [-0.4, -0.2) is 26.5 Å². The number of carbonyl (C=O) groups is 1. The highest BCUT2D eigenvalue weighted by molar-refractivity contribution is 6.35. The lowest BCUT2D eigenvalue weighted by atomic mass is 10.1. The van der Waals surface area contributed by atoms with Crippen LogP contribution in [0.5, 0.6) is 0 Å². The van der Waals surface area contributed by atoms with Crippen molar-refractivity contribution in [3.63, 3.8) is 0 Å². The number of pyridine rings is 1. The number of amides is 1. The Labute approximate surface area is 195 Å². The number of anilines is 1. The number of nitrogens with zero attached hydrogens (tertiary/aromatic N) is 3. The van der Waals surface area contributed by atoms with Gasteiger partial charge >= 0.3 is 0 Å². The lowest BCUT2D eigenvalue weighted by molar-refractivity contribution is 0.0934. The monoisotopic (exact) mass is 459 g/mol. The van der Waals surface area contributed by atoms with Crippen molar-refractivity contribution < 1.29 is 4.79 Å². The fraction of sp³-hybridized carbons (Fsp3) is 0.200. The smallest absolute Gasteiger partial charge is 0.274 e. The highest BCUT2D eigenvalue weighted by Crippen LogP contribution is 2.27. The first-order valence-corrected chi connectivity index (χ1v) is 11.2. The zero-order valence-corrected chi connectivity index (χ0v) is 18.7. The fourth-order valence-corrected chi connectivity index (χ4v) is 4.13. The Bertz CT molecular complexity index is 1400. The molecule has 1 amide bonds. The normalized spacial score (nSPS) is 14.1. The SMILES string of the molecule is C[C@H](NC(=O)c1nccnc1NC1CC1)c1cc2cccc(Cl)c2c(=O)n1-c1ccccc1. The van der Waals surface area contributed by atoms with Crippen molar-refractivity contribution in [2.45, 2.75) is 31.8 Å². The molecule has 1 saturated carbocycles. The number of hydrogen-bond acceptors (Lipinski definition) is 5. The minimum Gasteiger partial charge on any atom is -0.365 e. The Balaban J connectivity index is 1.57. The zero-order valence-electron chi connectivity index (χ0n) is 18.0. The lowest BCUT2D eigenvalue weighted by Crippen LogP contribution is -2.33. The van der Waals surface area contributed by atoms with E-state index in [0.717, 1.165) is 12.8 Å². The van der Waals surface area contributed by atoms with Gasteiger partial charge in [-0.05, 0) is 49.4 Å². The average Bonchev–Trinajstić information content (AvgIpc) is 3.63. The van der Waals surface area contributed by atoms with E-state index in [0.29, 0.717) is 39.0 Å². The van der Waals surface area contributed by atoms with E-state index in [2.05, 4.69) is 20.6 Å². The Morgan fingerprint density at radius 1 is 1.09 bits per heavy atom. The van der Waals surface area contributed by atoms with E-state index in [4.69, 9.17) is 11.6 Å². The molecule has 0 unspecified atom stereocenters. The molecular formula is C25H22ClN5O2. The topological polar surface area (TPSA) is 88.9 Å². The Kier molecular flexibility index (Phi) is 5.56. The van der Waals surface area contributed by atoms with E-state index in [-0.39, 0.29) is 17.2 Å². The van der Waals surface area contributed by atoms with Gasteiger partial charge in [-0.3, -0.25) is 14.2 Å². The van der Waals surface area contributed by atoms with E-state index >= 15 is 0 Å². The summed E-state index contributed by atoms with van der Waals surface area (Å²) in [6.07, 6.45) is 5.16. The minimum absolute atomic E-state index is 0.230. The molecule has 2 N–H and O–H groups in total. The van der Waals surface area contributed by atoms with Gasteiger partial charge < -0.3 is 10.6 Å². The van der Waals surface area contributed by atoms with Crippen molar-refractivity contribution in [3.05, 3.63) is 93.8 Å². The van der Waals surface area contributed by atoms with Crippen LogP contribution in [-0.2, 0) is 0 Å². The van der Waals surface area contributed by atoms with Gasteiger partial charge in [0.2, 0.25) is 0 Å². The van der Waals surface area contributed by atoms with Gasteiger partial charge in [-0.25, -0.2) is 9.97 Å². The van der Waals surface area contributed by atoms with Gasteiger partial charge in [0.05, 0.1) is 16.5 Å². The maximum Gasteiger partial charge on any atom is 0.274 e. The molecule has 2 aromatic heterocycles. The maximum atomic E-state index is 13.5. The predicted octanol–water partition coefficient (Wildman–Crippen LogP) is 4.50. The number of carbonyl (C=O) groups excluding carboxylic acids is 1. The molecule has 166 valence electrons. The Morgan fingerprint density at radius 3 is 2.61 bits per heavy atom. The first-order valence-electron chi connectivity index (χ1n) is 10.8. The van der Waals surface area contributed by atoms with E-state index in [1.54, 1.807) is 22.9 Å². The standard InChI is InChI=1S/C25H22ClN5O2/c1-15(29-24(32)22-23(28-13-12-27-22)30-17-10-11-17)20-14-16-6-5-9-19(26)21(16)25(33)31(20)18-7-3-2-4-8-18/h2-9,12-15,17H,10-11H2,1H3,(H,28,30)(H,29,32)/t15-/m0/s1. The van der Waals surface area contributed by atoms with Crippen LogP contribution in [0, 0.1) is 0 Å².